The van der Waals surface area contributed by atoms with Gasteiger partial charge in [-0.15, -0.1) is 0 Å². The van der Waals surface area contributed by atoms with Crippen molar-refractivity contribution >= 4 is 16.0 Å². The highest BCUT2D eigenvalue weighted by atomic mass is 32.2. The van der Waals surface area contributed by atoms with E-state index in [1.54, 1.807) is 6.92 Å². The number of rotatable bonds is 3. The molecule has 66 valence electrons. The summed E-state index contributed by atoms with van der Waals surface area (Å²) < 4.78 is 29.6. The first kappa shape index (κ1) is 10.2. The number of ether oxygens (including phenoxy) is 1. The van der Waals surface area contributed by atoms with Gasteiger partial charge in [0.05, 0.1) is 12.9 Å². The van der Waals surface area contributed by atoms with Crippen LogP contribution in [0.25, 0.3) is 0 Å². The molecular weight excluding hydrogens is 170 g/mol. The summed E-state index contributed by atoms with van der Waals surface area (Å²) in [5.74, 6) is 0.193. The van der Waals surface area contributed by atoms with E-state index in [1.807, 2.05) is 0 Å². The van der Waals surface area contributed by atoms with Crippen molar-refractivity contribution < 1.29 is 17.4 Å². The molecule has 0 aromatic carbocycles. The van der Waals surface area contributed by atoms with Gasteiger partial charge in [-0.1, -0.05) is 0 Å². The van der Waals surface area contributed by atoms with Crippen LogP contribution in [-0.4, -0.2) is 27.2 Å². The van der Waals surface area contributed by atoms with E-state index in [0.717, 1.165) is 6.26 Å². The highest BCUT2D eigenvalue weighted by Crippen LogP contribution is 1.89. The fourth-order valence-electron chi connectivity index (χ4n) is 0.355. The first-order valence-corrected chi connectivity index (χ1v) is 4.83. The van der Waals surface area contributed by atoms with Gasteiger partial charge in [0.1, 0.15) is 0 Å². The highest BCUT2D eigenvalue weighted by molar-refractivity contribution is 7.85. The van der Waals surface area contributed by atoms with E-state index >= 15 is 0 Å². The molecule has 0 N–H and O–H groups in total. The minimum Gasteiger partial charge on any atom is -0.479 e. The molecule has 0 saturated carbocycles. The summed E-state index contributed by atoms with van der Waals surface area (Å²) in [6, 6.07) is 0. The quantitative estimate of drug-likeness (QED) is 0.357. The van der Waals surface area contributed by atoms with Gasteiger partial charge >= 0.3 is 10.1 Å². The van der Waals surface area contributed by atoms with E-state index in [-0.39, 0.29) is 5.90 Å². The van der Waals surface area contributed by atoms with Crippen LogP contribution in [0, 0.1) is 0 Å². The first-order valence-electron chi connectivity index (χ1n) is 3.01. The van der Waals surface area contributed by atoms with Crippen LogP contribution in [0.1, 0.15) is 13.8 Å². The molecule has 0 bridgehead atoms. The molecule has 0 atom stereocenters. The molecule has 0 radical (unpaired) electrons. The summed E-state index contributed by atoms with van der Waals surface area (Å²) in [6.45, 7) is 3.70. The van der Waals surface area contributed by atoms with Crippen LogP contribution in [0.5, 0.6) is 0 Å². The van der Waals surface area contributed by atoms with Gasteiger partial charge in [0, 0.05) is 6.92 Å². The monoisotopic (exact) mass is 181 g/mol. The Balaban J connectivity index is 3.93. The van der Waals surface area contributed by atoms with Crippen molar-refractivity contribution in [2.24, 2.45) is 5.16 Å². The molecule has 0 spiro atoms. The Hall–Kier alpha value is -0.780. The molecule has 0 amide bonds. The largest absolute Gasteiger partial charge is 0.479 e. The third-order valence-electron chi connectivity index (χ3n) is 0.654. The lowest BCUT2D eigenvalue weighted by atomic mass is 10.7. The molecule has 0 aliphatic heterocycles. The Morgan fingerprint density at radius 2 is 2.09 bits per heavy atom. The maximum absolute atomic E-state index is 10.4. The second kappa shape index (κ2) is 4.17. The Labute approximate surface area is 66.1 Å². The van der Waals surface area contributed by atoms with Gasteiger partial charge in [-0.25, -0.2) is 0 Å². The van der Waals surface area contributed by atoms with Crippen molar-refractivity contribution in [3.8, 4) is 0 Å². The summed E-state index contributed by atoms with van der Waals surface area (Å²) in [5.41, 5.74) is 0. The molecule has 6 heteroatoms. The van der Waals surface area contributed by atoms with Crippen molar-refractivity contribution in [3.63, 3.8) is 0 Å². The molecule has 0 aliphatic rings. The summed E-state index contributed by atoms with van der Waals surface area (Å²) in [5, 5.41) is 3.19. The molecule has 0 aromatic heterocycles. The lowest BCUT2D eigenvalue weighted by molar-refractivity contribution is 0.279. The normalized spacial score (nSPS) is 12.8. The van der Waals surface area contributed by atoms with Crippen molar-refractivity contribution in [2.75, 3.05) is 12.9 Å². The fraction of sp³-hybridized carbons (Fsp3) is 0.800. The average Bonchev–Trinajstić information content (AvgIpc) is 1.83. The second-order valence-electron chi connectivity index (χ2n) is 1.82. The maximum atomic E-state index is 10.4. The van der Waals surface area contributed by atoms with Crippen LogP contribution in [0.2, 0.25) is 0 Å². The van der Waals surface area contributed by atoms with Crippen LogP contribution in [-0.2, 0) is 19.1 Å². The smallest absolute Gasteiger partial charge is 0.325 e. The third kappa shape index (κ3) is 7.11. The number of hydrogen-bond donors (Lipinski definition) is 0. The zero-order chi connectivity index (χ0) is 8.91. The molecule has 5 nitrogen and oxygen atoms in total. The van der Waals surface area contributed by atoms with Gasteiger partial charge < -0.3 is 4.74 Å². The highest BCUT2D eigenvalue weighted by Gasteiger charge is 1.99. The van der Waals surface area contributed by atoms with Crippen molar-refractivity contribution in [3.05, 3.63) is 0 Å². The van der Waals surface area contributed by atoms with E-state index < -0.39 is 10.1 Å². The topological polar surface area (TPSA) is 65.0 Å². The van der Waals surface area contributed by atoms with E-state index in [0.29, 0.717) is 6.61 Å². The predicted molar refractivity (Wildman–Crippen MR) is 40.7 cm³/mol. The SMILES string of the molecule is CCO/C(C)=N\OS(C)(=O)=O. The Bertz CT molecular complexity index is 231. The Morgan fingerprint density at radius 1 is 1.55 bits per heavy atom. The molecule has 0 fully saturated rings. The van der Waals surface area contributed by atoms with E-state index in [1.165, 1.54) is 6.92 Å². The average molecular weight is 181 g/mol. The summed E-state index contributed by atoms with van der Waals surface area (Å²) >= 11 is 0. The lowest BCUT2D eigenvalue weighted by Gasteiger charge is -1.99. The molecule has 0 unspecified atom stereocenters. The molecule has 11 heavy (non-hydrogen) atoms. The number of oxime groups is 1. The van der Waals surface area contributed by atoms with Gasteiger partial charge in [0.15, 0.2) is 0 Å². The van der Waals surface area contributed by atoms with E-state index in [4.69, 9.17) is 4.74 Å². The summed E-state index contributed by atoms with van der Waals surface area (Å²) in [7, 11) is -3.51. The summed E-state index contributed by atoms with van der Waals surface area (Å²) in [6.07, 6.45) is 0.912. The molecule has 0 aromatic rings. The van der Waals surface area contributed by atoms with Gasteiger partial charge in [-0.2, -0.15) is 8.42 Å². The minimum absolute atomic E-state index is 0.193. The molecule has 0 aliphatic carbocycles. The van der Waals surface area contributed by atoms with Crippen LogP contribution in [0.15, 0.2) is 5.16 Å². The van der Waals surface area contributed by atoms with Gasteiger partial charge in [-0.3, -0.25) is 4.28 Å². The molecule has 0 heterocycles. The van der Waals surface area contributed by atoms with Crippen LogP contribution in [0.3, 0.4) is 0 Å². The zero-order valence-electron chi connectivity index (χ0n) is 6.70. The van der Waals surface area contributed by atoms with Crippen molar-refractivity contribution in [1.82, 2.24) is 0 Å². The maximum Gasteiger partial charge on any atom is 0.325 e. The number of nitrogens with zero attached hydrogens (tertiary/aromatic N) is 1. The zero-order valence-corrected chi connectivity index (χ0v) is 7.51. The second-order valence-corrected chi connectivity index (χ2v) is 3.38. The third-order valence-corrected chi connectivity index (χ3v) is 1.000. The van der Waals surface area contributed by atoms with Crippen LogP contribution >= 0.6 is 0 Å². The fourth-order valence-corrected chi connectivity index (χ4v) is 0.596. The van der Waals surface area contributed by atoms with Crippen molar-refractivity contribution in [1.29, 1.82) is 0 Å². The number of hydrogen-bond acceptors (Lipinski definition) is 5. The molecule has 0 saturated heterocycles. The van der Waals surface area contributed by atoms with Crippen LogP contribution < -0.4 is 0 Å². The molecular formula is C5H11NO4S. The van der Waals surface area contributed by atoms with E-state index in [2.05, 4.69) is 9.44 Å². The Kier molecular flexibility index (Phi) is 3.88. The van der Waals surface area contributed by atoms with Gasteiger partial charge in [0.2, 0.25) is 5.90 Å². The summed E-state index contributed by atoms with van der Waals surface area (Å²) in [4.78, 5) is 0. The minimum atomic E-state index is -3.51. The standard InChI is InChI=1S/C5H11NO4S/c1-4-9-5(2)6-10-11(3,7)8/h4H2,1-3H3/b6-5-. The molecule has 0 rings (SSSR count). The van der Waals surface area contributed by atoms with Crippen LogP contribution in [0.4, 0.5) is 0 Å². The lowest BCUT2D eigenvalue weighted by Crippen LogP contribution is -2.03. The predicted octanol–water partition coefficient (Wildman–Crippen LogP) is 0.333. The van der Waals surface area contributed by atoms with E-state index in [9.17, 15) is 8.42 Å². The van der Waals surface area contributed by atoms with Gasteiger partial charge in [0.25, 0.3) is 0 Å². The van der Waals surface area contributed by atoms with Crippen molar-refractivity contribution in [2.45, 2.75) is 13.8 Å². The Morgan fingerprint density at radius 3 is 2.45 bits per heavy atom. The first-order chi connectivity index (χ1) is 4.95. The van der Waals surface area contributed by atoms with Gasteiger partial charge in [-0.05, 0) is 12.1 Å².